The number of nitriles is 1. The van der Waals surface area contributed by atoms with E-state index in [0.29, 0.717) is 30.9 Å². The highest BCUT2D eigenvalue weighted by molar-refractivity contribution is 5.96. The Morgan fingerprint density at radius 2 is 2.07 bits per heavy atom. The van der Waals surface area contributed by atoms with E-state index >= 15 is 0 Å². The van der Waals surface area contributed by atoms with E-state index in [1.165, 1.54) is 6.07 Å². The third-order valence-corrected chi connectivity index (χ3v) is 4.90. The van der Waals surface area contributed by atoms with Crippen LogP contribution in [0.15, 0.2) is 35.1 Å². The molecule has 1 atom stereocenters. The fourth-order valence-corrected chi connectivity index (χ4v) is 3.45. The zero-order chi connectivity index (χ0) is 19.6. The van der Waals surface area contributed by atoms with Crippen LogP contribution in [-0.4, -0.2) is 48.6 Å². The summed E-state index contributed by atoms with van der Waals surface area (Å²) in [5.41, 5.74) is 1.32. The second-order valence-electron chi connectivity index (χ2n) is 6.63. The maximum Gasteiger partial charge on any atom is 0.266 e. The minimum Gasteiger partial charge on any atom is -0.495 e. The number of aromatic nitrogens is 1. The number of anilines is 1. The monoisotopic (exact) mass is 366 g/mol. The Morgan fingerprint density at radius 3 is 2.74 bits per heavy atom. The van der Waals surface area contributed by atoms with Gasteiger partial charge in [-0.1, -0.05) is 12.1 Å². The molecule has 0 radical (unpaired) electrons. The Morgan fingerprint density at radius 1 is 1.33 bits per heavy atom. The van der Waals surface area contributed by atoms with E-state index in [9.17, 15) is 9.59 Å². The first-order valence-corrected chi connectivity index (χ1v) is 8.79. The Balaban J connectivity index is 1.82. The van der Waals surface area contributed by atoms with Gasteiger partial charge >= 0.3 is 0 Å². The molecule has 1 N–H and O–H groups in total. The second kappa shape index (κ2) is 7.54. The molecule has 1 saturated heterocycles. The average molecular weight is 366 g/mol. The largest absolute Gasteiger partial charge is 0.495 e. The highest BCUT2D eigenvalue weighted by atomic mass is 16.5. The molecular weight excluding hydrogens is 344 g/mol. The quantitative estimate of drug-likeness (QED) is 0.896. The summed E-state index contributed by atoms with van der Waals surface area (Å²) < 4.78 is 5.44. The number of carbonyl (C=O) groups excluding carboxylic acids is 1. The van der Waals surface area contributed by atoms with Crippen LogP contribution in [0.25, 0.3) is 0 Å². The van der Waals surface area contributed by atoms with Gasteiger partial charge in [0.05, 0.1) is 18.4 Å². The molecule has 1 aromatic heterocycles. The molecule has 1 amide bonds. The van der Waals surface area contributed by atoms with E-state index in [-0.39, 0.29) is 17.5 Å². The van der Waals surface area contributed by atoms with Gasteiger partial charge in [-0.25, -0.2) is 0 Å². The van der Waals surface area contributed by atoms with Crippen molar-refractivity contribution in [1.29, 1.82) is 5.26 Å². The number of nitrogens with one attached hydrogen (secondary N) is 1. The lowest BCUT2D eigenvalue weighted by atomic mass is 10.1. The number of amides is 1. The highest BCUT2D eigenvalue weighted by Crippen LogP contribution is 2.29. The van der Waals surface area contributed by atoms with Crippen molar-refractivity contribution < 1.29 is 9.53 Å². The standard InChI is InChI=1S/C20H22N4O3/c1-13-12-23(17-6-4-5-7-18(17)27-3)8-9-24(13)20(26)16-10-15(11-21)19(25)22-14(16)2/h4-7,10,13H,8-9,12H2,1-3H3,(H,22,25)/t13-/m1/s1. The molecule has 0 spiro atoms. The van der Waals surface area contributed by atoms with E-state index in [4.69, 9.17) is 10.00 Å². The van der Waals surface area contributed by atoms with Crippen molar-refractivity contribution in [3.05, 3.63) is 57.5 Å². The second-order valence-corrected chi connectivity index (χ2v) is 6.63. The molecule has 0 bridgehead atoms. The van der Waals surface area contributed by atoms with Crippen LogP contribution in [0, 0.1) is 18.3 Å². The van der Waals surface area contributed by atoms with Crippen molar-refractivity contribution in [3.8, 4) is 11.8 Å². The summed E-state index contributed by atoms with van der Waals surface area (Å²) in [7, 11) is 1.65. The normalized spacial score (nSPS) is 16.7. The predicted octanol–water partition coefficient (Wildman–Crippen LogP) is 1.91. The number of carbonyl (C=O) groups is 1. The van der Waals surface area contributed by atoms with Gasteiger partial charge in [0.25, 0.3) is 11.5 Å². The van der Waals surface area contributed by atoms with Crippen molar-refractivity contribution in [2.24, 2.45) is 0 Å². The van der Waals surface area contributed by atoms with Crippen molar-refractivity contribution in [3.63, 3.8) is 0 Å². The number of hydrogen-bond donors (Lipinski definition) is 1. The first-order valence-electron chi connectivity index (χ1n) is 8.79. The van der Waals surface area contributed by atoms with E-state index in [0.717, 1.165) is 11.4 Å². The number of pyridine rings is 1. The van der Waals surface area contributed by atoms with Crippen LogP contribution in [0.1, 0.15) is 28.5 Å². The summed E-state index contributed by atoms with van der Waals surface area (Å²) >= 11 is 0. The van der Waals surface area contributed by atoms with Crippen molar-refractivity contribution >= 4 is 11.6 Å². The molecule has 0 saturated carbocycles. The Hall–Kier alpha value is -3.27. The first-order chi connectivity index (χ1) is 13.0. The van der Waals surface area contributed by atoms with Crippen LogP contribution in [0.2, 0.25) is 0 Å². The number of para-hydroxylation sites is 2. The number of hydrogen-bond acceptors (Lipinski definition) is 5. The van der Waals surface area contributed by atoms with Crippen molar-refractivity contribution in [1.82, 2.24) is 9.88 Å². The molecule has 3 rings (SSSR count). The molecule has 27 heavy (non-hydrogen) atoms. The third-order valence-electron chi connectivity index (χ3n) is 4.90. The van der Waals surface area contributed by atoms with Gasteiger partial charge in [0, 0.05) is 31.4 Å². The van der Waals surface area contributed by atoms with Crippen LogP contribution in [0.4, 0.5) is 5.69 Å². The number of H-pyrrole nitrogens is 1. The van der Waals surface area contributed by atoms with Crippen LogP contribution < -0.4 is 15.2 Å². The molecule has 7 nitrogen and oxygen atoms in total. The number of aromatic amines is 1. The van der Waals surface area contributed by atoms with E-state index in [1.807, 2.05) is 37.3 Å². The molecule has 140 valence electrons. The van der Waals surface area contributed by atoms with Crippen LogP contribution >= 0.6 is 0 Å². The average Bonchev–Trinajstić information content (AvgIpc) is 2.67. The van der Waals surface area contributed by atoms with Crippen molar-refractivity contribution in [2.45, 2.75) is 19.9 Å². The number of rotatable bonds is 3. The van der Waals surface area contributed by atoms with Crippen molar-refractivity contribution in [2.75, 3.05) is 31.6 Å². The summed E-state index contributed by atoms with van der Waals surface area (Å²) in [4.78, 5) is 31.3. The van der Waals surface area contributed by atoms with Gasteiger partial charge in [0.1, 0.15) is 17.4 Å². The van der Waals surface area contributed by atoms with Gasteiger partial charge < -0.3 is 19.5 Å². The molecule has 1 aliphatic heterocycles. The molecular formula is C20H22N4O3. The molecule has 2 heterocycles. The summed E-state index contributed by atoms with van der Waals surface area (Å²) in [6.45, 7) is 5.54. The smallest absolute Gasteiger partial charge is 0.266 e. The summed E-state index contributed by atoms with van der Waals surface area (Å²) in [6.07, 6.45) is 0. The number of nitrogens with zero attached hydrogens (tertiary/aromatic N) is 3. The molecule has 1 aromatic carbocycles. The van der Waals surface area contributed by atoms with E-state index in [2.05, 4.69) is 9.88 Å². The fraction of sp³-hybridized carbons (Fsp3) is 0.350. The van der Waals surface area contributed by atoms with Gasteiger partial charge in [0.15, 0.2) is 0 Å². The number of methoxy groups -OCH3 is 1. The van der Waals surface area contributed by atoms with Gasteiger partial charge in [-0.2, -0.15) is 5.26 Å². The fourth-order valence-electron chi connectivity index (χ4n) is 3.45. The third kappa shape index (κ3) is 3.51. The lowest BCUT2D eigenvalue weighted by molar-refractivity contribution is 0.0672. The van der Waals surface area contributed by atoms with E-state index < -0.39 is 5.56 Å². The summed E-state index contributed by atoms with van der Waals surface area (Å²) in [5, 5.41) is 9.07. The van der Waals surface area contributed by atoms with Crippen LogP contribution in [0.5, 0.6) is 5.75 Å². The van der Waals surface area contributed by atoms with Gasteiger partial charge in [-0.3, -0.25) is 9.59 Å². The first kappa shape index (κ1) is 18.5. The Kier molecular flexibility index (Phi) is 5.17. The lowest BCUT2D eigenvalue weighted by Crippen LogP contribution is -2.54. The lowest BCUT2D eigenvalue weighted by Gasteiger charge is -2.41. The highest BCUT2D eigenvalue weighted by Gasteiger charge is 2.30. The number of aryl methyl sites for hydroxylation is 1. The Bertz CT molecular complexity index is 960. The summed E-state index contributed by atoms with van der Waals surface area (Å²) in [5.74, 6) is 0.632. The predicted molar refractivity (Wildman–Crippen MR) is 102 cm³/mol. The maximum absolute atomic E-state index is 13.0. The molecule has 7 heteroatoms. The topological polar surface area (TPSA) is 89.4 Å². The van der Waals surface area contributed by atoms with Gasteiger partial charge in [0.2, 0.25) is 0 Å². The molecule has 0 aliphatic carbocycles. The van der Waals surface area contributed by atoms with Crippen LogP contribution in [-0.2, 0) is 0 Å². The van der Waals surface area contributed by atoms with Gasteiger partial charge in [-0.15, -0.1) is 0 Å². The SMILES string of the molecule is COc1ccccc1N1CCN(C(=O)c2cc(C#N)c(=O)[nH]c2C)[C@H](C)C1. The molecule has 2 aromatic rings. The maximum atomic E-state index is 13.0. The van der Waals surface area contributed by atoms with Gasteiger partial charge in [-0.05, 0) is 32.0 Å². The zero-order valence-corrected chi connectivity index (χ0v) is 15.7. The minimum atomic E-state index is -0.472. The number of ether oxygens (including phenoxy) is 1. The number of benzene rings is 1. The minimum absolute atomic E-state index is 0.0342. The summed E-state index contributed by atoms with van der Waals surface area (Å²) in [6, 6.07) is 11.0. The Labute approximate surface area is 157 Å². The molecule has 0 unspecified atom stereocenters. The zero-order valence-electron chi connectivity index (χ0n) is 15.7. The van der Waals surface area contributed by atoms with Crippen LogP contribution in [0.3, 0.4) is 0 Å². The molecule has 1 aliphatic rings. The van der Waals surface area contributed by atoms with E-state index in [1.54, 1.807) is 18.9 Å². The molecule has 1 fully saturated rings. The number of piperazine rings is 1.